The SMILES string of the molecule is CCc1ccc2c(c1O)C(O)=C1C(=O)[C@]3(O)C(O)=C(C(N)=O)C(=O)[C@@H](N(C)C)[C@@H]3[C@@H](O)[C@@H]1[C@H]2C. The third-order valence-corrected chi connectivity index (χ3v) is 7.59. The van der Waals surface area contributed by atoms with Crippen molar-refractivity contribution in [3.05, 3.63) is 45.7 Å². The number of Topliss-reactive ketones (excluding diaryl/α,β-unsaturated/α-hetero) is 2. The van der Waals surface area contributed by atoms with E-state index < -0.39 is 75.6 Å². The number of phenolic OH excluding ortho intramolecular Hbond substituents is 1. The van der Waals surface area contributed by atoms with E-state index in [1.807, 2.05) is 0 Å². The molecule has 0 radical (unpaired) electrons. The molecule has 0 bridgehead atoms. The van der Waals surface area contributed by atoms with Gasteiger partial charge in [-0.1, -0.05) is 26.0 Å². The largest absolute Gasteiger partial charge is 0.508 e. The van der Waals surface area contributed by atoms with Crippen molar-refractivity contribution in [3.8, 4) is 5.75 Å². The van der Waals surface area contributed by atoms with Crippen molar-refractivity contribution >= 4 is 23.2 Å². The molecule has 1 saturated carbocycles. The normalized spacial score (nSPS) is 33.1. The minimum Gasteiger partial charge on any atom is -0.508 e. The predicted molar refractivity (Wildman–Crippen MR) is 120 cm³/mol. The van der Waals surface area contributed by atoms with Crippen LogP contribution in [0.3, 0.4) is 0 Å². The Balaban J connectivity index is 2.06. The second kappa shape index (κ2) is 7.66. The Morgan fingerprint density at radius 2 is 1.79 bits per heavy atom. The van der Waals surface area contributed by atoms with Gasteiger partial charge in [-0.15, -0.1) is 0 Å². The highest BCUT2D eigenvalue weighted by atomic mass is 16.4. The summed E-state index contributed by atoms with van der Waals surface area (Å²) >= 11 is 0. The number of aryl methyl sites for hydroxylation is 1. The lowest BCUT2D eigenvalue weighted by atomic mass is 9.54. The molecule has 3 aliphatic rings. The maximum atomic E-state index is 13.8. The molecule has 1 fully saturated rings. The van der Waals surface area contributed by atoms with Gasteiger partial charge >= 0.3 is 0 Å². The molecule has 1 aromatic carbocycles. The fourth-order valence-corrected chi connectivity index (χ4v) is 5.94. The number of nitrogens with zero attached hydrogens (tertiary/aromatic N) is 1. The molecule has 10 heteroatoms. The third-order valence-electron chi connectivity index (χ3n) is 7.59. The molecule has 0 saturated heterocycles. The molecular weight excluding hydrogens is 444 g/mol. The summed E-state index contributed by atoms with van der Waals surface area (Å²) in [5, 5.41) is 55.9. The zero-order valence-corrected chi connectivity index (χ0v) is 19.2. The van der Waals surface area contributed by atoms with E-state index in [1.165, 1.54) is 19.0 Å². The third kappa shape index (κ3) is 2.76. The Hall–Kier alpha value is -3.21. The van der Waals surface area contributed by atoms with Crippen LogP contribution in [0.15, 0.2) is 29.0 Å². The number of carbonyl (C=O) groups is 3. The van der Waals surface area contributed by atoms with Crippen molar-refractivity contribution in [1.29, 1.82) is 0 Å². The first kappa shape index (κ1) is 23.9. The molecule has 1 aromatic rings. The summed E-state index contributed by atoms with van der Waals surface area (Å²) in [6, 6.07) is 2.02. The smallest absolute Gasteiger partial charge is 0.255 e. The van der Waals surface area contributed by atoms with Gasteiger partial charge in [0, 0.05) is 11.5 Å². The maximum absolute atomic E-state index is 13.8. The number of ketones is 2. The summed E-state index contributed by atoms with van der Waals surface area (Å²) in [5.41, 5.74) is 2.08. The number of likely N-dealkylation sites (N-methyl/N-ethyl adjacent to an activating group) is 1. The van der Waals surface area contributed by atoms with Gasteiger partial charge in [0.2, 0.25) is 5.78 Å². The van der Waals surface area contributed by atoms with Gasteiger partial charge in [-0.3, -0.25) is 19.3 Å². The van der Waals surface area contributed by atoms with E-state index in [9.17, 15) is 39.9 Å². The highest BCUT2D eigenvalue weighted by Crippen LogP contribution is 2.56. The molecule has 34 heavy (non-hydrogen) atoms. The van der Waals surface area contributed by atoms with Crippen LogP contribution in [0, 0.1) is 11.8 Å². The maximum Gasteiger partial charge on any atom is 0.255 e. The number of benzene rings is 1. The molecule has 0 aliphatic heterocycles. The molecule has 0 aromatic heterocycles. The average molecular weight is 472 g/mol. The molecule has 0 heterocycles. The summed E-state index contributed by atoms with van der Waals surface area (Å²) in [5.74, 6) is -8.76. The van der Waals surface area contributed by atoms with Gasteiger partial charge < -0.3 is 31.3 Å². The second-order valence-electron chi connectivity index (χ2n) is 9.44. The zero-order valence-electron chi connectivity index (χ0n) is 19.2. The van der Waals surface area contributed by atoms with Crippen LogP contribution in [-0.4, -0.2) is 79.7 Å². The lowest BCUT2D eigenvalue weighted by molar-refractivity contribution is -0.169. The highest BCUT2D eigenvalue weighted by molar-refractivity contribution is 6.24. The molecule has 7 N–H and O–H groups in total. The van der Waals surface area contributed by atoms with Crippen molar-refractivity contribution < 1.29 is 39.9 Å². The Bertz CT molecular complexity index is 1200. The number of carbonyl (C=O) groups excluding carboxylic acids is 3. The number of hydrogen-bond acceptors (Lipinski definition) is 9. The van der Waals surface area contributed by atoms with E-state index in [2.05, 4.69) is 0 Å². The van der Waals surface area contributed by atoms with Gasteiger partial charge in [-0.25, -0.2) is 0 Å². The van der Waals surface area contributed by atoms with Crippen LogP contribution in [0.5, 0.6) is 5.75 Å². The minimum atomic E-state index is -2.90. The lowest BCUT2D eigenvalue weighted by Crippen LogP contribution is -2.70. The molecule has 0 unspecified atom stereocenters. The monoisotopic (exact) mass is 472 g/mol. The number of nitrogens with two attached hydrogens (primary N) is 1. The van der Waals surface area contributed by atoms with Crippen molar-refractivity contribution in [2.45, 2.75) is 43.9 Å². The van der Waals surface area contributed by atoms with Crippen LogP contribution >= 0.6 is 0 Å². The van der Waals surface area contributed by atoms with Crippen molar-refractivity contribution in [2.75, 3.05) is 14.1 Å². The fourth-order valence-electron chi connectivity index (χ4n) is 5.94. The number of primary amides is 1. The molecular formula is C24H28N2O8. The second-order valence-corrected chi connectivity index (χ2v) is 9.44. The van der Waals surface area contributed by atoms with E-state index in [-0.39, 0.29) is 11.3 Å². The van der Waals surface area contributed by atoms with Gasteiger partial charge in [-0.05, 0) is 37.6 Å². The van der Waals surface area contributed by atoms with Crippen molar-refractivity contribution in [2.24, 2.45) is 17.6 Å². The summed E-state index contributed by atoms with van der Waals surface area (Å²) in [6.45, 7) is 3.50. The summed E-state index contributed by atoms with van der Waals surface area (Å²) < 4.78 is 0. The predicted octanol–water partition coefficient (Wildman–Crippen LogP) is 0.0582. The number of amides is 1. The van der Waals surface area contributed by atoms with Crippen LogP contribution < -0.4 is 5.73 Å². The van der Waals surface area contributed by atoms with E-state index in [1.54, 1.807) is 26.0 Å². The number of phenols is 1. The first-order valence-corrected chi connectivity index (χ1v) is 11.0. The zero-order chi connectivity index (χ0) is 25.4. The van der Waals surface area contributed by atoms with E-state index in [0.29, 0.717) is 17.5 Å². The van der Waals surface area contributed by atoms with Crippen LogP contribution in [-0.2, 0) is 20.8 Å². The first-order valence-electron chi connectivity index (χ1n) is 11.0. The van der Waals surface area contributed by atoms with E-state index in [0.717, 1.165) is 0 Å². The van der Waals surface area contributed by atoms with Gasteiger partial charge in [0.05, 0.1) is 23.6 Å². The van der Waals surface area contributed by atoms with E-state index in [4.69, 9.17) is 5.73 Å². The minimum absolute atomic E-state index is 0.00957. The van der Waals surface area contributed by atoms with Crippen LogP contribution in [0.2, 0.25) is 0 Å². The standard InChI is InChI=1S/C24H28N2O8/c1-5-9-6-7-10-8(2)11-13(18(28)12(10)17(9)27)21(31)24(34)15(19(11)29)16(26(3)4)20(30)14(22(24)32)23(25)33/h6-8,11,15-16,19,27-29,32,34H,5H2,1-4H3,(H2,25,33)/t8-,11+,15+,16-,19-,24-/m0/s1. The van der Waals surface area contributed by atoms with Gasteiger partial charge in [0.25, 0.3) is 5.91 Å². The number of fused-ring (bicyclic) bond motifs is 3. The highest BCUT2D eigenvalue weighted by Gasteiger charge is 2.68. The number of hydrogen-bond donors (Lipinski definition) is 6. The summed E-state index contributed by atoms with van der Waals surface area (Å²) in [6.07, 6.45) is -1.15. The quantitative estimate of drug-likeness (QED) is 0.331. The van der Waals surface area contributed by atoms with Gasteiger partial charge in [0.15, 0.2) is 11.4 Å². The molecule has 1 amide bonds. The number of aromatic hydroxyl groups is 1. The molecule has 4 rings (SSSR count). The van der Waals surface area contributed by atoms with Gasteiger partial charge in [0.1, 0.15) is 22.8 Å². The Labute approximate surface area is 195 Å². The number of rotatable bonds is 3. The van der Waals surface area contributed by atoms with E-state index >= 15 is 0 Å². The first-order chi connectivity index (χ1) is 15.8. The van der Waals surface area contributed by atoms with Crippen molar-refractivity contribution in [1.82, 2.24) is 4.90 Å². The van der Waals surface area contributed by atoms with Crippen LogP contribution in [0.4, 0.5) is 0 Å². The Morgan fingerprint density at radius 1 is 1.18 bits per heavy atom. The average Bonchev–Trinajstić information content (AvgIpc) is 2.75. The lowest BCUT2D eigenvalue weighted by Gasteiger charge is -2.53. The Morgan fingerprint density at radius 3 is 2.32 bits per heavy atom. The molecule has 10 nitrogen and oxygen atoms in total. The van der Waals surface area contributed by atoms with Gasteiger partial charge in [-0.2, -0.15) is 0 Å². The molecule has 0 spiro atoms. The van der Waals surface area contributed by atoms with Crippen LogP contribution in [0.1, 0.15) is 36.5 Å². The summed E-state index contributed by atoms with van der Waals surface area (Å²) in [7, 11) is 2.93. The van der Waals surface area contributed by atoms with Crippen LogP contribution in [0.25, 0.3) is 5.76 Å². The molecule has 182 valence electrons. The van der Waals surface area contributed by atoms with Crippen molar-refractivity contribution in [3.63, 3.8) is 0 Å². The molecule has 6 atom stereocenters. The topological polar surface area (TPSA) is 182 Å². The molecule has 3 aliphatic carbocycles. The summed E-state index contributed by atoms with van der Waals surface area (Å²) in [4.78, 5) is 40.3. The number of aliphatic hydroxyl groups is 4. The fraction of sp³-hybridized carbons (Fsp3) is 0.458. The Kier molecular flexibility index (Phi) is 5.39. The number of aliphatic hydroxyl groups excluding tert-OH is 3.